The Bertz CT molecular complexity index is 1290. The third kappa shape index (κ3) is 5.94. The van der Waals surface area contributed by atoms with Crippen molar-refractivity contribution in [2.75, 3.05) is 12.4 Å². The number of rotatable bonds is 6. The molecule has 4 rings (SSSR count). The number of anilines is 1. The second-order valence-electron chi connectivity index (χ2n) is 8.93. The minimum Gasteiger partial charge on any atom is -0.465 e. The average Bonchev–Trinajstić information content (AvgIpc) is 3.44. The van der Waals surface area contributed by atoms with Gasteiger partial charge in [-0.1, -0.05) is 36.9 Å². The summed E-state index contributed by atoms with van der Waals surface area (Å²) in [7, 11) is 1.28. The molecule has 37 heavy (non-hydrogen) atoms. The van der Waals surface area contributed by atoms with Crippen molar-refractivity contribution in [3.63, 3.8) is 0 Å². The summed E-state index contributed by atoms with van der Waals surface area (Å²) in [6.07, 6.45) is 6.51. The zero-order chi connectivity index (χ0) is 26.5. The van der Waals surface area contributed by atoms with Gasteiger partial charge in [-0.2, -0.15) is 0 Å². The van der Waals surface area contributed by atoms with Gasteiger partial charge in [0.25, 0.3) is 5.91 Å². The Balaban J connectivity index is 1.45. The maximum Gasteiger partial charge on any atom is 0.340 e. The topological polar surface area (TPSA) is 118 Å². The van der Waals surface area contributed by atoms with Crippen molar-refractivity contribution < 1.29 is 28.3 Å². The van der Waals surface area contributed by atoms with E-state index in [1.807, 2.05) is 0 Å². The Morgan fingerprint density at radius 1 is 1.14 bits per heavy atom. The quantitative estimate of drug-likeness (QED) is 0.331. The van der Waals surface area contributed by atoms with Crippen LogP contribution in [-0.4, -0.2) is 41.7 Å². The molecule has 1 saturated carbocycles. The lowest BCUT2D eigenvalue weighted by atomic mass is 9.94. The third-order valence-corrected chi connectivity index (χ3v) is 6.69. The largest absolute Gasteiger partial charge is 0.465 e. The van der Waals surface area contributed by atoms with Gasteiger partial charge in [-0.25, -0.2) is 4.79 Å². The summed E-state index contributed by atoms with van der Waals surface area (Å²) in [4.78, 5) is 52.0. The van der Waals surface area contributed by atoms with Crippen LogP contribution in [0.4, 0.5) is 5.69 Å². The second-order valence-corrected chi connectivity index (χ2v) is 9.36. The maximum absolute atomic E-state index is 13.4. The first-order chi connectivity index (χ1) is 17.8. The molecule has 0 atom stereocenters. The highest BCUT2D eigenvalue weighted by Gasteiger charge is 2.40. The van der Waals surface area contributed by atoms with Crippen LogP contribution in [0.3, 0.4) is 0 Å². The van der Waals surface area contributed by atoms with Crippen LogP contribution in [0.2, 0.25) is 5.02 Å². The number of benzene rings is 1. The van der Waals surface area contributed by atoms with E-state index in [-0.39, 0.29) is 29.6 Å². The van der Waals surface area contributed by atoms with Gasteiger partial charge in [0.2, 0.25) is 0 Å². The zero-order valence-electron chi connectivity index (χ0n) is 20.6. The smallest absolute Gasteiger partial charge is 0.340 e. The van der Waals surface area contributed by atoms with E-state index in [0.29, 0.717) is 27.9 Å². The number of hydrogen-bond donors (Lipinski definition) is 2. The summed E-state index contributed by atoms with van der Waals surface area (Å²) in [5.74, 6) is -1.84. The number of furan rings is 1. The fourth-order valence-corrected chi connectivity index (χ4v) is 4.88. The number of amides is 3. The first kappa shape index (κ1) is 26.2. The first-order valence-electron chi connectivity index (χ1n) is 12.1. The van der Waals surface area contributed by atoms with E-state index in [1.165, 1.54) is 19.3 Å². The van der Waals surface area contributed by atoms with Crippen molar-refractivity contribution in [3.8, 4) is 0 Å². The summed E-state index contributed by atoms with van der Waals surface area (Å²) in [5, 5.41) is 5.38. The van der Waals surface area contributed by atoms with Crippen molar-refractivity contribution in [2.45, 2.75) is 51.6 Å². The zero-order valence-corrected chi connectivity index (χ0v) is 21.4. The van der Waals surface area contributed by atoms with E-state index < -0.39 is 17.8 Å². The predicted molar refractivity (Wildman–Crippen MR) is 137 cm³/mol. The summed E-state index contributed by atoms with van der Waals surface area (Å²) in [6, 6.07) is 9.74. The van der Waals surface area contributed by atoms with Gasteiger partial charge in [-0.3, -0.25) is 14.4 Å². The molecule has 2 heterocycles. The Morgan fingerprint density at radius 2 is 1.89 bits per heavy atom. The number of allylic oxidation sites excluding steroid dienone is 1. The van der Waals surface area contributed by atoms with E-state index >= 15 is 0 Å². The lowest BCUT2D eigenvalue weighted by Crippen LogP contribution is -2.37. The molecule has 1 aliphatic heterocycles. The monoisotopic (exact) mass is 525 g/mol. The molecule has 2 aliphatic rings. The number of carbonyl (C=O) groups excluding carboxylic acids is 4. The van der Waals surface area contributed by atoms with Gasteiger partial charge < -0.3 is 24.7 Å². The van der Waals surface area contributed by atoms with E-state index in [9.17, 15) is 19.2 Å². The predicted octanol–water partition coefficient (Wildman–Crippen LogP) is 4.19. The lowest BCUT2D eigenvalue weighted by molar-refractivity contribution is -0.136. The molecular formula is C27H28ClN3O6. The Morgan fingerprint density at radius 3 is 2.59 bits per heavy atom. The molecule has 1 aromatic heterocycles. The van der Waals surface area contributed by atoms with Crippen molar-refractivity contribution >= 4 is 47.1 Å². The van der Waals surface area contributed by atoms with Gasteiger partial charge in [0.05, 0.1) is 24.8 Å². The van der Waals surface area contributed by atoms with Gasteiger partial charge >= 0.3 is 17.8 Å². The van der Waals surface area contributed by atoms with Gasteiger partial charge in [-0.15, -0.1) is 0 Å². The molecule has 0 radical (unpaired) electrons. The minimum atomic E-state index is -0.850. The Hall–Kier alpha value is -3.85. The normalized spacial score (nSPS) is 17.3. The van der Waals surface area contributed by atoms with Crippen LogP contribution in [0.5, 0.6) is 0 Å². The van der Waals surface area contributed by atoms with Crippen LogP contribution >= 0.6 is 11.6 Å². The lowest BCUT2D eigenvalue weighted by Gasteiger charge is -2.32. The molecule has 1 aliphatic carbocycles. The molecule has 9 nitrogen and oxygen atoms in total. The molecule has 2 aromatic rings. The number of esters is 1. The molecule has 2 N–H and O–H groups in total. The highest BCUT2D eigenvalue weighted by molar-refractivity contribution is 6.39. The van der Waals surface area contributed by atoms with Crippen LogP contribution in [-0.2, 0) is 30.5 Å². The van der Waals surface area contributed by atoms with Crippen LogP contribution in [0, 0.1) is 0 Å². The van der Waals surface area contributed by atoms with Crippen molar-refractivity contribution in [1.82, 2.24) is 10.2 Å². The number of carbonyl (C=O) groups is 4. The van der Waals surface area contributed by atoms with Gasteiger partial charge in [0.15, 0.2) is 0 Å². The van der Waals surface area contributed by atoms with Crippen molar-refractivity contribution in [1.29, 1.82) is 0 Å². The van der Waals surface area contributed by atoms with Gasteiger partial charge in [-0.05, 0) is 56.2 Å². The standard InChI is InChI=1S/C27H28ClN3O6/c1-16-23(27(35)36-2)22(26(34)31(16)19-9-4-3-5-10-19)14-20-11-12-21(37-20)15-29-24(32)25(33)30-18-8-6-7-17(28)13-18/h6-8,11-14,19H,3-5,9-10,15H2,1-2H3,(H,29,32)(H,30,33)/b22-14+. The number of nitrogens with zero attached hydrogens (tertiary/aromatic N) is 1. The Kier molecular flexibility index (Phi) is 8.13. The SMILES string of the molecule is COC(=O)C1=C(C)N(C2CCCCC2)C(=O)/C1=C/c1ccc(CNC(=O)C(=O)Nc2cccc(Cl)c2)o1. The number of methoxy groups -OCH3 is 1. The maximum atomic E-state index is 13.4. The van der Waals surface area contributed by atoms with E-state index in [2.05, 4.69) is 10.6 Å². The molecule has 0 spiro atoms. The van der Waals surface area contributed by atoms with Crippen molar-refractivity contribution in [2.24, 2.45) is 0 Å². The van der Waals surface area contributed by atoms with E-state index in [0.717, 1.165) is 32.1 Å². The Labute approximate surface area is 219 Å². The number of hydrogen-bond acceptors (Lipinski definition) is 6. The number of halogens is 1. The molecule has 0 unspecified atom stereocenters. The number of nitrogens with one attached hydrogen (secondary N) is 2. The van der Waals surface area contributed by atoms with Crippen LogP contribution in [0.1, 0.15) is 50.5 Å². The second kappa shape index (κ2) is 11.5. The summed E-state index contributed by atoms with van der Waals surface area (Å²) >= 11 is 5.89. The molecule has 10 heteroatoms. The summed E-state index contributed by atoms with van der Waals surface area (Å²) in [5.41, 5.74) is 1.41. The van der Waals surface area contributed by atoms with E-state index in [1.54, 1.807) is 42.2 Å². The minimum absolute atomic E-state index is 0.0484. The molecular weight excluding hydrogens is 498 g/mol. The number of ether oxygens (including phenoxy) is 1. The van der Waals surface area contributed by atoms with Crippen LogP contribution in [0.25, 0.3) is 6.08 Å². The highest BCUT2D eigenvalue weighted by Crippen LogP contribution is 2.37. The summed E-state index contributed by atoms with van der Waals surface area (Å²) in [6.45, 7) is 1.71. The third-order valence-electron chi connectivity index (χ3n) is 6.45. The molecule has 1 fully saturated rings. The van der Waals surface area contributed by atoms with Crippen LogP contribution < -0.4 is 10.6 Å². The molecule has 3 amide bonds. The van der Waals surface area contributed by atoms with Crippen LogP contribution in [0.15, 0.2) is 57.7 Å². The van der Waals surface area contributed by atoms with E-state index in [4.69, 9.17) is 20.8 Å². The molecule has 0 bridgehead atoms. The fourth-order valence-electron chi connectivity index (χ4n) is 4.69. The summed E-state index contributed by atoms with van der Waals surface area (Å²) < 4.78 is 10.7. The van der Waals surface area contributed by atoms with Gasteiger partial charge in [0, 0.05) is 22.4 Å². The fraction of sp³-hybridized carbons (Fsp3) is 0.333. The van der Waals surface area contributed by atoms with Crippen molar-refractivity contribution in [3.05, 3.63) is 69.8 Å². The molecule has 194 valence electrons. The average molecular weight is 526 g/mol. The van der Waals surface area contributed by atoms with Gasteiger partial charge in [0.1, 0.15) is 11.5 Å². The molecule has 1 aromatic carbocycles. The molecule has 0 saturated heterocycles. The highest BCUT2D eigenvalue weighted by atomic mass is 35.5. The first-order valence-corrected chi connectivity index (χ1v) is 12.4.